The van der Waals surface area contributed by atoms with Gasteiger partial charge in [-0.15, -0.1) is 0 Å². The van der Waals surface area contributed by atoms with Gasteiger partial charge in [-0.25, -0.2) is 0 Å². The van der Waals surface area contributed by atoms with Gasteiger partial charge in [0.1, 0.15) is 12.4 Å². The van der Waals surface area contributed by atoms with Crippen LogP contribution in [0.5, 0.6) is 5.75 Å². The normalized spacial score (nSPS) is 11.4. The maximum atomic E-state index is 8.78. The molecule has 0 spiro atoms. The van der Waals surface area contributed by atoms with Crippen LogP contribution in [0.4, 0.5) is 0 Å². The number of hydrogen-bond acceptors (Lipinski definition) is 3. The molecule has 0 aliphatic heterocycles. The van der Waals surface area contributed by atoms with Crippen molar-refractivity contribution in [3.05, 3.63) is 63.1 Å². The van der Waals surface area contributed by atoms with Crippen LogP contribution >= 0.6 is 27.5 Å². The first-order chi connectivity index (χ1) is 9.60. The second-order valence-corrected chi connectivity index (χ2v) is 5.39. The van der Waals surface area contributed by atoms with Crippen LogP contribution in [0.2, 0.25) is 5.02 Å². The summed E-state index contributed by atoms with van der Waals surface area (Å²) in [7, 11) is 0. The SMILES string of the molecule is N/C(=N/O)c1ccc(Br)cc1OCc1ccc(Cl)cc1. The third kappa shape index (κ3) is 3.65. The highest BCUT2D eigenvalue weighted by Crippen LogP contribution is 2.24. The highest BCUT2D eigenvalue weighted by Gasteiger charge is 2.09. The van der Waals surface area contributed by atoms with E-state index in [2.05, 4.69) is 21.1 Å². The monoisotopic (exact) mass is 354 g/mol. The second kappa shape index (κ2) is 6.63. The molecule has 0 amide bonds. The average Bonchev–Trinajstić information content (AvgIpc) is 2.46. The lowest BCUT2D eigenvalue weighted by molar-refractivity contribution is 0.303. The molecule has 0 bridgehead atoms. The first-order valence-electron chi connectivity index (χ1n) is 5.75. The van der Waals surface area contributed by atoms with Gasteiger partial charge in [0.25, 0.3) is 0 Å². The summed E-state index contributed by atoms with van der Waals surface area (Å²) < 4.78 is 6.57. The lowest BCUT2D eigenvalue weighted by Crippen LogP contribution is -2.14. The van der Waals surface area contributed by atoms with Crippen molar-refractivity contribution >= 4 is 33.4 Å². The first kappa shape index (κ1) is 14.7. The Morgan fingerprint density at radius 2 is 1.95 bits per heavy atom. The summed E-state index contributed by atoms with van der Waals surface area (Å²) in [5.74, 6) is 0.535. The van der Waals surface area contributed by atoms with Gasteiger partial charge in [0, 0.05) is 9.50 Å². The van der Waals surface area contributed by atoms with Gasteiger partial charge in [0.15, 0.2) is 5.84 Å². The van der Waals surface area contributed by atoms with E-state index in [0.717, 1.165) is 10.0 Å². The summed E-state index contributed by atoms with van der Waals surface area (Å²) in [5, 5.41) is 12.5. The molecule has 2 aromatic rings. The highest BCUT2D eigenvalue weighted by molar-refractivity contribution is 9.10. The summed E-state index contributed by atoms with van der Waals surface area (Å²) in [4.78, 5) is 0. The van der Waals surface area contributed by atoms with Crippen LogP contribution in [-0.4, -0.2) is 11.0 Å². The molecule has 0 aliphatic rings. The van der Waals surface area contributed by atoms with Crippen molar-refractivity contribution in [1.82, 2.24) is 0 Å². The van der Waals surface area contributed by atoms with Gasteiger partial charge >= 0.3 is 0 Å². The Morgan fingerprint density at radius 1 is 1.25 bits per heavy atom. The average molecular weight is 356 g/mol. The first-order valence-corrected chi connectivity index (χ1v) is 6.92. The van der Waals surface area contributed by atoms with Crippen molar-refractivity contribution in [2.75, 3.05) is 0 Å². The van der Waals surface area contributed by atoms with Crippen LogP contribution in [-0.2, 0) is 6.61 Å². The van der Waals surface area contributed by atoms with E-state index in [9.17, 15) is 0 Å². The maximum absolute atomic E-state index is 8.78. The fourth-order valence-corrected chi connectivity index (χ4v) is 2.09. The Bertz CT molecular complexity index is 630. The van der Waals surface area contributed by atoms with E-state index in [1.165, 1.54) is 0 Å². The molecule has 4 nitrogen and oxygen atoms in total. The van der Waals surface area contributed by atoms with Crippen molar-refractivity contribution in [1.29, 1.82) is 0 Å². The van der Waals surface area contributed by atoms with Gasteiger partial charge in [-0.3, -0.25) is 0 Å². The van der Waals surface area contributed by atoms with Crippen molar-refractivity contribution in [2.24, 2.45) is 10.9 Å². The number of benzene rings is 2. The molecule has 104 valence electrons. The summed E-state index contributed by atoms with van der Waals surface area (Å²) in [6.07, 6.45) is 0. The standard InChI is InChI=1S/C14H12BrClN2O2/c15-10-3-6-12(14(17)18-19)13(7-10)20-8-9-1-4-11(16)5-2-9/h1-7,19H,8H2,(H2,17,18). The molecule has 20 heavy (non-hydrogen) atoms. The minimum Gasteiger partial charge on any atom is -0.488 e. The van der Waals surface area contributed by atoms with Crippen LogP contribution in [0.25, 0.3) is 0 Å². The van der Waals surface area contributed by atoms with Crippen LogP contribution in [0.3, 0.4) is 0 Å². The minimum atomic E-state index is 0.00334. The van der Waals surface area contributed by atoms with Crippen LogP contribution in [0.1, 0.15) is 11.1 Å². The van der Waals surface area contributed by atoms with E-state index in [1.54, 1.807) is 30.3 Å². The molecular weight excluding hydrogens is 344 g/mol. The third-order valence-corrected chi connectivity index (χ3v) is 3.38. The number of ether oxygens (including phenoxy) is 1. The number of nitrogens with two attached hydrogens (primary N) is 1. The van der Waals surface area contributed by atoms with Crippen molar-refractivity contribution in [3.63, 3.8) is 0 Å². The predicted octanol–water partition coefficient (Wildman–Crippen LogP) is 3.78. The summed E-state index contributed by atoms with van der Waals surface area (Å²) in [6.45, 7) is 0.360. The quantitative estimate of drug-likeness (QED) is 0.379. The van der Waals surface area contributed by atoms with Crippen molar-refractivity contribution < 1.29 is 9.94 Å². The van der Waals surface area contributed by atoms with Crippen LogP contribution in [0, 0.1) is 0 Å². The number of nitrogens with zero attached hydrogens (tertiary/aromatic N) is 1. The summed E-state index contributed by atoms with van der Waals surface area (Å²) in [5.41, 5.74) is 7.13. The third-order valence-electron chi connectivity index (χ3n) is 2.63. The zero-order chi connectivity index (χ0) is 14.5. The van der Waals surface area contributed by atoms with Crippen LogP contribution < -0.4 is 10.5 Å². The molecule has 3 N–H and O–H groups in total. The summed E-state index contributed by atoms with van der Waals surface area (Å²) in [6, 6.07) is 12.6. The molecule has 0 unspecified atom stereocenters. The van der Waals surface area contributed by atoms with Gasteiger partial charge in [-0.2, -0.15) is 0 Å². The molecule has 2 rings (SSSR count). The predicted molar refractivity (Wildman–Crippen MR) is 82.4 cm³/mol. The van der Waals surface area contributed by atoms with E-state index in [1.807, 2.05) is 12.1 Å². The molecule has 0 saturated heterocycles. The molecule has 0 atom stereocenters. The molecule has 0 aliphatic carbocycles. The molecule has 0 aromatic heterocycles. The Kier molecular flexibility index (Phi) is 4.87. The Hall–Kier alpha value is -1.72. The van der Waals surface area contributed by atoms with E-state index in [-0.39, 0.29) is 5.84 Å². The van der Waals surface area contributed by atoms with E-state index in [0.29, 0.717) is 22.9 Å². The highest BCUT2D eigenvalue weighted by atomic mass is 79.9. The van der Waals surface area contributed by atoms with Crippen LogP contribution in [0.15, 0.2) is 52.1 Å². The Labute approximate surface area is 129 Å². The fraction of sp³-hybridized carbons (Fsp3) is 0.0714. The van der Waals surface area contributed by atoms with E-state index < -0.39 is 0 Å². The van der Waals surface area contributed by atoms with Gasteiger partial charge in [0.05, 0.1) is 5.56 Å². The van der Waals surface area contributed by atoms with Gasteiger partial charge in [-0.1, -0.05) is 44.8 Å². The molecule has 0 saturated carbocycles. The van der Waals surface area contributed by atoms with Crippen molar-refractivity contribution in [3.8, 4) is 5.75 Å². The molecular formula is C14H12BrClN2O2. The number of amidine groups is 1. The topological polar surface area (TPSA) is 67.8 Å². The minimum absolute atomic E-state index is 0.00334. The van der Waals surface area contributed by atoms with E-state index >= 15 is 0 Å². The maximum Gasteiger partial charge on any atom is 0.173 e. The zero-order valence-electron chi connectivity index (χ0n) is 10.4. The molecule has 2 aromatic carbocycles. The lowest BCUT2D eigenvalue weighted by atomic mass is 10.2. The smallest absolute Gasteiger partial charge is 0.173 e. The molecule has 0 radical (unpaired) electrons. The summed E-state index contributed by atoms with van der Waals surface area (Å²) >= 11 is 9.19. The Morgan fingerprint density at radius 3 is 2.60 bits per heavy atom. The lowest BCUT2D eigenvalue weighted by Gasteiger charge is -2.11. The molecule has 6 heteroatoms. The number of oxime groups is 1. The largest absolute Gasteiger partial charge is 0.488 e. The van der Waals surface area contributed by atoms with Gasteiger partial charge < -0.3 is 15.7 Å². The number of rotatable bonds is 4. The molecule has 0 heterocycles. The van der Waals surface area contributed by atoms with Gasteiger partial charge in [0.2, 0.25) is 0 Å². The van der Waals surface area contributed by atoms with Gasteiger partial charge in [-0.05, 0) is 35.9 Å². The Balaban J connectivity index is 2.20. The van der Waals surface area contributed by atoms with Crippen molar-refractivity contribution in [2.45, 2.75) is 6.61 Å². The number of halogens is 2. The zero-order valence-corrected chi connectivity index (χ0v) is 12.7. The molecule has 0 fully saturated rings. The fourth-order valence-electron chi connectivity index (χ4n) is 1.62. The second-order valence-electron chi connectivity index (χ2n) is 4.04. The van der Waals surface area contributed by atoms with E-state index in [4.69, 9.17) is 27.3 Å². The number of hydrogen-bond donors (Lipinski definition) is 2.